The third-order valence-corrected chi connectivity index (χ3v) is 7.98. The molecule has 2 amide bonds. The third kappa shape index (κ3) is 5.57. The van der Waals surface area contributed by atoms with Gasteiger partial charge in [0.15, 0.2) is 5.13 Å². The zero-order chi connectivity index (χ0) is 26.9. The normalized spacial score (nSPS) is 22.7. The molecule has 0 radical (unpaired) electrons. The molecule has 3 atom stereocenters. The summed E-state index contributed by atoms with van der Waals surface area (Å²) in [5, 5.41) is 17.5. The number of aryl methyl sites for hydroxylation is 1. The summed E-state index contributed by atoms with van der Waals surface area (Å²) in [5.41, 5.74) is 3.71. The Morgan fingerprint density at radius 2 is 1.95 bits per heavy atom. The number of ether oxygens (including phenoxy) is 1. The number of anilines is 2. The number of amides is 2. The molecule has 3 aromatic rings. The first-order valence-corrected chi connectivity index (χ1v) is 13.8. The van der Waals surface area contributed by atoms with E-state index < -0.39 is 0 Å². The molecular formula is C28H33N5O4S. The summed E-state index contributed by atoms with van der Waals surface area (Å²) in [4.78, 5) is 36.8. The van der Waals surface area contributed by atoms with E-state index in [1.54, 1.807) is 6.07 Å². The standard InChI is InChI=1S/C28H33N5O4S/c1-17-13-33(14-18(2)37-17)24-6-4-5-22(30-24)23-15-38-27(31-23)32-25(35)12-29-26(36)20-8-7-19-9-10-28(3,16-34)21(19)11-20/h4-8,11,15,17-18,34H,9-10,12-14,16H2,1-3H3,(H,29,36)(H,31,32,35)/t17-,18+,28-/m1/s1. The van der Waals surface area contributed by atoms with Crippen LogP contribution in [0.25, 0.3) is 11.4 Å². The van der Waals surface area contributed by atoms with E-state index in [9.17, 15) is 14.7 Å². The zero-order valence-corrected chi connectivity index (χ0v) is 22.7. The van der Waals surface area contributed by atoms with E-state index in [4.69, 9.17) is 9.72 Å². The average Bonchev–Trinajstić information content (AvgIpc) is 3.51. The number of nitrogens with zero attached hydrogens (tertiary/aromatic N) is 3. The first-order valence-electron chi connectivity index (χ1n) is 12.9. The minimum atomic E-state index is -0.362. The largest absolute Gasteiger partial charge is 0.395 e. The number of hydrogen-bond acceptors (Lipinski definition) is 8. The number of nitrogens with one attached hydrogen (secondary N) is 2. The second kappa shape index (κ2) is 10.8. The van der Waals surface area contributed by atoms with Crippen molar-refractivity contribution in [1.82, 2.24) is 15.3 Å². The second-order valence-corrected chi connectivity index (χ2v) is 11.3. The number of carbonyl (C=O) groups is 2. The van der Waals surface area contributed by atoms with Gasteiger partial charge in [-0.05, 0) is 62.1 Å². The molecule has 1 saturated heterocycles. The van der Waals surface area contributed by atoms with E-state index in [1.807, 2.05) is 42.6 Å². The van der Waals surface area contributed by atoms with Crippen LogP contribution in [0.3, 0.4) is 0 Å². The summed E-state index contributed by atoms with van der Waals surface area (Å²) in [6, 6.07) is 11.4. The predicted octanol–water partition coefficient (Wildman–Crippen LogP) is 3.38. The van der Waals surface area contributed by atoms with E-state index in [2.05, 4.69) is 34.4 Å². The first kappa shape index (κ1) is 26.3. The van der Waals surface area contributed by atoms with Gasteiger partial charge in [-0.2, -0.15) is 0 Å². The van der Waals surface area contributed by atoms with Crippen molar-refractivity contribution < 1.29 is 19.4 Å². The Balaban J connectivity index is 1.18. The number of fused-ring (bicyclic) bond motifs is 1. The van der Waals surface area contributed by atoms with Crippen LogP contribution in [0.1, 0.15) is 48.7 Å². The molecule has 1 aliphatic carbocycles. The molecule has 5 rings (SSSR count). The highest BCUT2D eigenvalue weighted by Crippen LogP contribution is 2.38. The van der Waals surface area contributed by atoms with Crippen LogP contribution in [0.15, 0.2) is 41.8 Å². The summed E-state index contributed by atoms with van der Waals surface area (Å²) in [5.74, 6) is 0.179. The van der Waals surface area contributed by atoms with E-state index in [1.165, 1.54) is 11.3 Å². The summed E-state index contributed by atoms with van der Waals surface area (Å²) < 4.78 is 5.83. The monoisotopic (exact) mass is 535 g/mol. The lowest BCUT2D eigenvalue weighted by Crippen LogP contribution is -2.45. The van der Waals surface area contributed by atoms with Crippen molar-refractivity contribution in [2.75, 3.05) is 36.5 Å². The molecular weight excluding hydrogens is 502 g/mol. The Morgan fingerprint density at radius 3 is 2.71 bits per heavy atom. The van der Waals surface area contributed by atoms with Gasteiger partial charge in [0.2, 0.25) is 5.91 Å². The number of morpholine rings is 1. The van der Waals surface area contributed by atoms with Crippen molar-refractivity contribution in [1.29, 1.82) is 0 Å². The molecule has 9 nitrogen and oxygen atoms in total. The average molecular weight is 536 g/mol. The summed E-state index contributed by atoms with van der Waals surface area (Å²) >= 11 is 1.31. The molecule has 3 heterocycles. The highest BCUT2D eigenvalue weighted by molar-refractivity contribution is 7.14. The van der Waals surface area contributed by atoms with Gasteiger partial charge in [-0.3, -0.25) is 9.59 Å². The fourth-order valence-corrected chi connectivity index (χ4v) is 5.91. The van der Waals surface area contributed by atoms with E-state index in [-0.39, 0.29) is 42.6 Å². The second-order valence-electron chi connectivity index (χ2n) is 10.4. The van der Waals surface area contributed by atoms with Crippen LogP contribution in [0.2, 0.25) is 0 Å². The van der Waals surface area contributed by atoms with Gasteiger partial charge in [0, 0.05) is 29.4 Å². The maximum absolute atomic E-state index is 12.7. The van der Waals surface area contributed by atoms with Gasteiger partial charge in [0.25, 0.3) is 5.91 Å². The van der Waals surface area contributed by atoms with Crippen molar-refractivity contribution in [3.05, 3.63) is 58.5 Å². The van der Waals surface area contributed by atoms with E-state index in [0.717, 1.165) is 48.6 Å². The maximum Gasteiger partial charge on any atom is 0.251 e. The summed E-state index contributed by atoms with van der Waals surface area (Å²) in [6.07, 6.45) is 2.01. The number of aliphatic hydroxyl groups excluding tert-OH is 1. The van der Waals surface area contributed by atoms with Crippen molar-refractivity contribution in [3.8, 4) is 11.4 Å². The molecule has 2 aromatic heterocycles. The SMILES string of the molecule is C[C@@H]1CN(c2cccc(-c3csc(NC(=O)CNC(=O)c4ccc5c(c4)[C@@](C)(CO)CC5)n3)n2)C[C@H](C)O1. The van der Waals surface area contributed by atoms with Gasteiger partial charge in [-0.25, -0.2) is 9.97 Å². The Kier molecular flexibility index (Phi) is 7.47. The van der Waals surface area contributed by atoms with Crippen LogP contribution >= 0.6 is 11.3 Å². The van der Waals surface area contributed by atoms with Gasteiger partial charge in [0.1, 0.15) is 11.5 Å². The molecule has 3 N–H and O–H groups in total. The van der Waals surface area contributed by atoms with Gasteiger partial charge in [-0.1, -0.05) is 19.1 Å². The molecule has 0 saturated carbocycles. The fraction of sp³-hybridized carbons (Fsp3) is 0.429. The molecule has 1 aromatic carbocycles. The number of aliphatic hydroxyl groups is 1. The highest BCUT2D eigenvalue weighted by atomic mass is 32.1. The minimum absolute atomic E-state index is 0.0364. The highest BCUT2D eigenvalue weighted by Gasteiger charge is 2.34. The number of benzene rings is 1. The number of hydrogen-bond donors (Lipinski definition) is 3. The van der Waals surface area contributed by atoms with E-state index >= 15 is 0 Å². The van der Waals surface area contributed by atoms with Crippen molar-refractivity contribution in [2.24, 2.45) is 0 Å². The van der Waals surface area contributed by atoms with E-state index in [0.29, 0.717) is 16.4 Å². The minimum Gasteiger partial charge on any atom is -0.395 e. The molecule has 1 fully saturated rings. The molecule has 0 spiro atoms. The summed E-state index contributed by atoms with van der Waals surface area (Å²) in [6.45, 7) is 7.53. The molecule has 200 valence electrons. The number of thiazole rings is 1. The third-order valence-electron chi connectivity index (χ3n) is 7.22. The number of aromatic nitrogens is 2. The lowest BCUT2D eigenvalue weighted by molar-refractivity contribution is -0.115. The van der Waals surface area contributed by atoms with Crippen molar-refractivity contribution in [2.45, 2.75) is 51.2 Å². The lowest BCUT2D eigenvalue weighted by Gasteiger charge is -2.36. The smallest absolute Gasteiger partial charge is 0.251 e. The molecule has 0 bridgehead atoms. The Hall–Kier alpha value is -3.34. The molecule has 2 aliphatic rings. The van der Waals surface area contributed by atoms with Gasteiger partial charge in [0.05, 0.1) is 31.1 Å². The maximum atomic E-state index is 12.7. The van der Waals surface area contributed by atoms with Gasteiger partial charge in [-0.15, -0.1) is 11.3 Å². The molecule has 0 unspecified atom stereocenters. The number of carbonyl (C=O) groups excluding carboxylic acids is 2. The zero-order valence-electron chi connectivity index (χ0n) is 21.9. The number of pyridine rings is 1. The van der Waals surface area contributed by atoms with Gasteiger partial charge < -0.3 is 25.4 Å². The molecule has 10 heteroatoms. The lowest BCUT2D eigenvalue weighted by atomic mass is 9.84. The van der Waals surface area contributed by atoms with Crippen LogP contribution in [0, 0.1) is 0 Å². The fourth-order valence-electron chi connectivity index (χ4n) is 5.19. The number of rotatable bonds is 7. The topological polar surface area (TPSA) is 117 Å². The van der Waals surface area contributed by atoms with Crippen molar-refractivity contribution >= 4 is 34.1 Å². The Morgan fingerprint density at radius 1 is 1.16 bits per heavy atom. The quantitative estimate of drug-likeness (QED) is 0.425. The van der Waals surface area contributed by atoms with Crippen LogP contribution in [-0.4, -0.2) is 65.3 Å². The Labute approximate surface area is 226 Å². The molecule has 1 aliphatic heterocycles. The predicted molar refractivity (Wildman–Crippen MR) is 148 cm³/mol. The van der Waals surface area contributed by atoms with Crippen molar-refractivity contribution in [3.63, 3.8) is 0 Å². The first-order chi connectivity index (χ1) is 18.2. The van der Waals surface area contributed by atoms with Crippen LogP contribution in [0.4, 0.5) is 10.9 Å². The van der Waals surface area contributed by atoms with Crippen LogP contribution in [-0.2, 0) is 21.4 Å². The summed E-state index contributed by atoms with van der Waals surface area (Å²) in [7, 11) is 0. The van der Waals surface area contributed by atoms with Crippen LogP contribution < -0.4 is 15.5 Å². The van der Waals surface area contributed by atoms with Crippen LogP contribution in [0.5, 0.6) is 0 Å². The molecule has 38 heavy (non-hydrogen) atoms. The Bertz CT molecular complexity index is 1330. The van der Waals surface area contributed by atoms with Gasteiger partial charge >= 0.3 is 0 Å².